The SMILES string of the molecule is C=C(c1c(OB(C)O)cnc2[nH]ccc12)C1CC(NS(=O)(=O)c2ccc(F)cc2)C1. The van der Waals surface area contributed by atoms with Gasteiger partial charge in [-0.25, -0.2) is 22.5 Å². The Morgan fingerprint density at radius 2 is 2.03 bits per heavy atom. The van der Waals surface area contributed by atoms with Gasteiger partial charge in [0.15, 0.2) is 0 Å². The number of hydrogen-bond acceptors (Lipinski definition) is 5. The topological polar surface area (TPSA) is 104 Å². The van der Waals surface area contributed by atoms with Gasteiger partial charge in [0, 0.05) is 23.2 Å². The first-order chi connectivity index (χ1) is 14.2. The van der Waals surface area contributed by atoms with Gasteiger partial charge in [0.05, 0.1) is 11.1 Å². The molecule has 156 valence electrons. The molecule has 0 aliphatic heterocycles. The molecule has 0 bridgehead atoms. The number of aromatic nitrogens is 2. The number of aromatic amines is 1. The lowest BCUT2D eigenvalue weighted by Crippen LogP contribution is -2.44. The summed E-state index contributed by atoms with van der Waals surface area (Å²) in [5.41, 5.74) is 2.24. The molecule has 2 heterocycles. The van der Waals surface area contributed by atoms with Gasteiger partial charge in [0.2, 0.25) is 10.0 Å². The molecule has 0 amide bonds. The molecule has 7 nitrogen and oxygen atoms in total. The second-order valence-electron chi connectivity index (χ2n) is 7.42. The first kappa shape index (κ1) is 20.6. The molecule has 1 aromatic carbocycles. The maximum atomic E-state index is 13.1. The molecule has 1 fully saturated rings. The molecule has 3 aromatic rings. The fourth-order valence-electron chi connectivity index (χ4n) is 3.70. The molecule has 3 N–H and O–H groups in total. The van der Waals surface area contributed by atoms with Crippen molar-refractivity contribution in [2.75, 3.05) is 0 Å². The number of H-pyrrole nitrogens is 1. The number of halogens is 1. The van der Waals surface area contributed by atoms with E-state index in [4.69, 9.17) is 4.65 Å². The lowest BCUT2D eigenvalue weighted by atomic mass is 9.74. The van der Waals surface area contributed by atoms with Gasteiger partial charge in [0.25, 0.3) is 0 Å². The van der Waals surface area contributed by atoms with E-state index in [1.54, 1.807) is 12.4 Å². The first-order valence-electron chi connectivity index (χ1n) is 9.52. The van der Waals surface area contributed by atoms with Crippen molar-refractivity contribution in [3.63, 3.8) is 0 Å². The van der Waals surface area contributed by atoms with Gasteiger partial charge in [0.1, 0.15) is 17.2 Å². The number of benzene rings is 1. The van der Waals surface area contributed by atoms with Gasteiger partial charge >= 0.3 is 7.12 Å². The summed E-state index contributed by atoms with van der Waals surface area (Å²) in [6.45, 7) is 5.73. The van der Waals surface area contributed by atoms with Crippen molar-refractivity contribution in [2.24, 2.45) is 5.92 Å². The van der Waals surface area contributed by atoms with Crippen molar-refractivity contribution in [1.82, 2.24) is 14.7 Å². The Morgan fingerprint density at radius 3 is 2.70 bits per heavy atom. The van der Waals surface area contributed by atoms with Crippen LogP contribution in [0.1, 0.15) is 18.4 Å². The molecule has 1 aliphatic rings. The Hall–Kier alpha value is -2.69. The van der Waals surface area contributed by atoms with Crippen LogP contribution >= 0.6 is 0 Å². The van der Waals surface area contributed by atoms with Gasteiger partial charge < -0.3 is 14.7 Å². The standard InChI is InChI=1S/C20H21BFN3O4S/c1-12(19-17-7-8-23-20(17)24-11-18(19)29-21(2)26)13-9-15(10-13)25-30(27,28)16-5-3-14(22)4-6-16/h3-8,11,13,15,25-26H,1,9-10H2,2H3,(H,23,24). The number of sulfonamides is 1. The number of fused-ring (bicyclic) bond motifs is 1. The zero-order valence-electron chi connectivity index (χ0n) is 16.3. The zero-order chi connectivity index (χ0) is 21.5. The Morgan fingerprint density at radius 1 is 1.33 bits per heavy atom. The van der Waals surface area contributed by atoms with E-state index in [0.29, 0.717) is 24.2 Å². The first-order valence-corrected chi connectivity index (χ1v) is 11.0. The van der Waals surface area contributed by atoms with E-state index in [0.717, 1.165) is 28.7 Å². The Labute approximate surface area is 174 Å². The predicted molar refractivity (Wildman–Crippen MR) is 113 cm³/mol. The third kappa shape index (κ3) is 3.98. The summed E-state index contributed by atoms with van der Waals surface area (Å²) in [7, 11) is -4.73. The van der Waals surface area contributed by atoms with Gasteiger partial charge in [-0.2, -0.15) is 0 Å². The Kier molecular flexibility index (Phi) is 5.39. The lowest BCUT2D eigenvalue weighted by molar-refractivity contribution is 0.310. The predicted octanol–water partition coefficient (Wildman–Crippen LogP) is 2.96. The fraction of sp³-hybridized carbons (Fsp3) is 0.250. The maximum absolute atomic E-state index is 13.1. The summed E-state index contributed by atoms with van der Waals surface area (Å²) in [5.74, 6) is -0.0159. The van der Waals surface area contributed by atoms with E-state index >= 15 is 0 Å². The number of allylic oxidation sites excluding steroid dienone is 1. The van der Waals surface area contributed by atoms with E-state index < -0.39 is 23.0 Å². The van der Waals surface area contributed by atoms with Crippen LogP contribution in [-0.2, 0) is 10.0 Å². The van der Waals surface area contributed by atoms with Gasteiger partial charge in [-0.05, 0) is 61.5 Å². The second-order valence-corrected chi connectivity index (χ2v) is 9.13. The van der Waals surface area contributed by atoms with Gasteiger partial charge in [-0.3, -0.25) is 0 Å². The largest absolute Gasteiger partial charge is 0.535 e. The van der Waals surface area contributed by atoms with Gasteiger partial charge in [-0.1, -0.05) is 6.58 Å². The second kappa shape index (κ2) is 7.86. The number of rotatable bonds is 7. The van der Waals surface area contributed by atoms with Crippen molar-refractivity contribution >= 4 is 33.7 Å². The molecule has 10 heteroatoms. The third-order valence-corrected chi connectivity index (χ3v) is 6.78. The van der Waals surface area contributed by atoms with Crippen LogP contribution in [0.4, 0.5) is 4.39 Å². The zero-order valence-corrected chi connectivity index (χ0v) is 17.1. The highest BCUT2D eigenvalue weighted by Gasteiger charge is 2.36. The molecular weight excluding hydrogens is 408 g/mol. The molecule has 30 heavy (non-hydrogen) atoms. The number of nitrogens with zero attached hydrogens (tertiary/aromatic N) is 1. The quantitative estimate of drug-likeness (QED) is 0.501. The van der Waals surface area contributed by atoms with Crippen LogP contribution < -0.4 is 9.38 Å². The minimum atomic E-state index is -3.72. The Balaban J connectivity index is 1.49. The molecule has 0 atom stereocenters. The molecule has 0 unspecified atom stereocenters. The molecule has 4 rings (SSSR count). The van der Waals surface area contributed by atoms with Crippen LogP contribution in [0.3, 0.4) is 0 Å². The highest BCUT2D eigenvalue weighted by molar-refractivity contribution is 7.89. The highest BCUT2D eigenvalue weighted by atomic mass is 32.2. The lowest BCUT2D eigenvalue weighted by Gasteiger charge is -2.37. The average Bonchev–Trinajstić information content (AvgIpc) is 3.12. The van der Waals surface area contributed by atoms with E-state index in [-0.39, 0.29) is 16.9 Å². The summed E-state index contributed by atoms with van der Waals surface area (Å²) in [6.07, 6.45) is 4.45. The van der Waals surface area contributed by atoms with E-state index in [1.807, 2.05) is 6.07 Å². The monoisotopic (exact) mass is 429 g/mol. The smallest absolute Gasteiger partial charge is 0.519 e. The maximum Gasteiger partial charge on any atom is 0.519 e. The fourth-order valence-corrected chi connectivity index (χ4v) is 4.96. The molecule has 0 saturated heterocycles. The van der Waals surface area contributed by atoms with Crippen molar-refractivity contribution in [3.05, 3.63) is 60.7 Å². The molecule has 1 aliphatic carbocycles. The van der Waals surface area contributed by atoms with E-state index in [1.165, 1.54) is 19.0 Å². The van der Waals surface area contributed by atoms with Crippen molar-refractivity contribution in [2.45, 2.75) is 30.6 Å². The normalized spacial score (nSPS) is 18.8. The molecular formula is C20H21BFN3O4S. The number of pyridine rings is 1. The van der Waals surface area contributed by atoms with Gasteiger partial charge in [-0.15, -0.1) is 0 Å². The summed E-state index contributed by atoms with van der Waals surface area (Å²) >= 11 is 0. The minimum absolute atomic E-state index is 0.0296. The average molecular weight is 429 g/mol. The highest BCUT2D eigenvalue weighted by Crippen LogP contribution is 2.43. The minimum Gasteiger partial charge on any atom is -0.535 e. The van der Waals surface area contributed by atoms with Crippen LogP contribution in [-0.4, -0.2) is 36.6 Å². The molecule has 1 saturated carbocycles. The summed E-state index contributed by atoms with van der Waals surface area (Å²) in [5, 5.41) is 10.5. The Bertz CT molecular complexity index is 1190. The number of hydrogen-bond donors (Lipinski definition) is 3. The summed E-state index contributed by atoms with van der Waals surface area (Å²) in [6, 6.07) is 6.35. The van der Waals surface area contributed by atoms with Crippen molar-refractivity contribution < 1.29 is 22.5 Å². The van der Waals surface area contributed by atoms with Crippen molar-refractivity contribution in [3.8, 4) is 5.75 Å². The van der Waals surface area contributed by atoms with E-state index in [9.17, 15) is 17.8 Å². The number of nitrogens with one attached hydrogen (secondary N) is 2. The van der Waals surface area contributed by atoms with Crippen LogP contribution in [0, 0.1) is 11.7 Å². The molecule has 2 aromatic heterocycles. The van der Waals surface area contributed by atoms with Crippen LogP contribution in [0.25, 0.3) is 16.6 Å². The molecule has 0 spiro atoms. The van der Waals surface area contributed by atoms with E-state index in [2.05, 4.69) is 21.3 Å². The van der Waals surface area contributed by atoms with Crippen LogP contribution in [0.2, 0.25) is 6.82 Å². The summed E-state index contributed by atoms with van der Waals surface area (Å²) < 4.78 is 46.2. The van der Waals surface area contributed by atoms with Crippen LogP contribution in [0.15, 0.2) is 54.2 Å². The van der Waals surface area contributed by atoms with Crippen molar-refractivity contribution in [1.29, 1.82) is 0 Å². The third-order valence-electron chi connectivity index (χ3n) is 5.25. The van der Waals surface area contributed by atoms with Crippen LogP contribution in [0.5, 0.6) is 5.75 Å². The molecule has 0 radical (unpaired) electrons. The summed E-state index contributed by atoms with van der Waals surface area (Å²) in [4.78, 5) is 7.37.